The van der Waals surface area contributed by atoms with E-state index in [1.807, 2.05) is 31.2 Å². The number of carbonyl (C=O) groups excluding carboxylic acids is 3. The number of aryl methyl sites for hydroxylation is 1. The van der Waals surface area contributed by atoms with Crippen molar-refractivity contribution < 1.29 is 14.4 Å². The number of rotatable bonds is 6. The van der Waals surface area contributed by atoms with Crippen LogP contribution in [0.15, 0.2) is 48.5 Å². The first kappa shape index (κ1) is 19.4. The number of ketones is 1. The molecule has 2 amide bonds. The number of hydrogen-bond donors (Lipinski definition) is 2. The summed E-state index contributed by atoms with van der Waals surface area (Å²) in [6, 6.07) is 14.4. The monoisotopic (exact) mass is 352 g/mol. The topological polar surface area (TPSA) is 75.3 Å². The average Bonchev–Trinajstić information content (AvgIpc) is 2.60. The third-order valence-corrected chi connectivity index (χ3v) is 4.36. The zero-order valence-electron chi connectivity index (χ0n) is 15.6. The smallest absolute Gasteiger partial charge is 0.239 e. The second kappa shape index (κ2) is 7.95. The minimum absolute atomic E-state index is 0.0867. The molecule has 2 N–H and O–H groups in total. The largest absolute Gasteiger partial charge is 0.351 e. The van der Waals surface area contributed by atoms with Gasteiger partial charge in [-0.05, 0) is 51.0 Å². The van der Waals surface area contributed by atoms with Crippen molar-refractivity contribution in [1.29, 1.82) is 0 Å². The first-order chi connectivity index (χ1) is 12.2. The molecular weight excluding hydrogens is 328 g/mol. The summed E-state index contributed by atoms with van der Waals surface area (Å²) >= 11 is 0. The molecule has 0 saturated heterocycles. The molecule has 0 unspecified atom stereocenters. The van der Waals surface area contributed by atoms with Gasteiger partial charge in [-0.25, -0.2) is 0 Å². The molecule has 0 spiro atoms. The Labute approximate surface area is 153 Å². The third-order valence-electron chi connectivity index (χ3n) is 4.36. The van der Waals surface area contributed by atoms with Crippen molar-refractivity contribution >= 4 is 23.3 Å². The summed E-state index contributed by atoms with van der Waals surface area (Å²) in [5.41, 5.74) is 1.82. The first-order valence-corrected chi connectivity index (χ1v) is 8.47. The number of nitrogens with one attached hydrogen (secondary N) is 2. The van der Waals surface area contributed by atoms with Crippen LogP contribution in [0.5, 0.6) is 0 Å². The molecule has 0 atom stereocenters. The molecule has 0 heterocycles. The molecule has 0 aromatic heterocycles. The van der Waals surface area contributed by atoms with Gasteiger partial charge in [-0.3, -0.25) is 14.4 Å². The molecular formula is C21H24N2O3. The zero-order valence-corrected chi connectivity index (χ0v) is 15.6. The lowest BCUT2D eigenvalue weighted by molar-refractivity contribution is -0.138. The Kier molecular flexibility index (Phi) is 5.93. The van der Waals surface area contributed by atoms with E-state index in [4.69, 9.17) is 0 Å². The van der Waals surface area contributed by atoms with E-state index < -0.39 is 11.3 Å². The van der Waals surface area contributed by atoms with Gasteiger partial charge in [0.1, 0.15) is 5.41 Å². The van der Waals surface area contributed by atoms with Crippen LogP contribution in [0, 0.1) is 12.3 Å². The minimum Gasteiger partial charge on any atom is -0.351 e. The molecule has 0 radical (unpaired) electrons. The van der Waals surface area contributed by atoms with Crippen molar-refractivity contribution in [3.05, 3.63) is 65.2 Å². The fraction of sp³-hybridized carbons (Fsp3) is 0.286. The summed E-state index contributed by atoms with van der Waals surface area (Å²) in [6.07, 6.45) is 0. The van der Waals surface area contributed by atoms with Crippen LogP contribution >= 0.6 is 0 Å². The van der Waals surface area contributed by atoms with E-state index in [9.17, 15) is 14.4 Å². The molecule has 0 bridgehead atoms. The van der Waals surface area contributed by atoms with Gasteiger partial charge in [0.05, 0.1) is 0 Å². The molecule has 2 rings (SSSR count). The van der Waals surface area contributed by atoms with Gasteiger partial charge in [-0.1, -0.05) is 36.4 Å². The van der Waals surface area contributed by atoms with E-state index >= 15 is 0 Å². The van der Waals surface area contributed by atoms with Crippen LogP contribution in [0.25, 0.3) is 0 Å². The molecule has 2 aromatic carbocycles. The van der Waals surface area contributed by atoms with E-state index in [0.717, 1.165) is 11.1 Å². The van der Waals surface area contributed by atoms with Gasteiger partial charge in [0.2, 0.25) is 11.8 Å². The quantitative estimate of drug-likeness (QED) is 0.617. The van der Waals surface area contributed by atoms with Crippen LogP contribution in [-0.2, 0) is 16.1 Å². The van der Waals surface area contributed by atoms with Gasteiger partial charge in [0.25, 0.3) is 0 Å². The lowest BCUT2D eigenvalue weighted by Gasteiger charge is -2.23. The Morgan fingerprint density at radius 3 is 2.31 bits per heavy atom. The minimum atomic E-state index is -1.26. The summed E-state index contributed by atoms with van der Waals surface area (Å²) in [6.45, 7) is 6.95. The molecule has 2 aromatic rings. The highest BCUT2D eigenvalue weighted by atomic mass is 16.2. The van der Waals surface area contributed by atoms with Crippen LogP contribution in [0.2, 0.25) is 0 Å². The second-order valence-corrected chi connectivity index (χ2v) is 6.83. The van der Waals surface area contributed by atoms with Crippen molar-refractivity contribution in [3.8, 4) is 0 Å². The highest BCUT2D eigenvalue weighted by Gasteiger charge is 2.36. The number of benzene rings is 2. The van der Waals surface area contributed by atoms with Crippen molar-refractivity contribution in [3.63, 3.8) is 0 Å². The average molecular weight is 352 g/mol. The lowest BCUT2D eigenvalue weighted by Crippen LogP contribution is -2.44. The standard InChI is InChI=1S/C21H24N2O3/c1-14-8-5-6-9-17(14)13-22-19(25)21(3,4)20(26)23-18-11-7-10-16(12-18)15(2)24/h5-12H,13H2,1-4H3,(H,22,25)(H,23,26). The predicted molar refractivity (Wildman–Crippen MR) is 102 cm³/mol. The Morgan fingerprint density at radius 2 is 1.65 bits per heavy atom. The number of amides is 2. The van der Waals surface area contributed by atoms with E-state index in [1.165, 1.54) is 6.92 Å². The number of Topliss-reactive ketones (excluding diaryl/α,β-unsaturated/α-hetero) is 1. The maximum Gasteiger partial charge on any atom is 0.239 e. The van der Waals surface area contributed by atoms with Crippen LogP contribution in [0.1, 0.15) is 42.3 Å². The molecule has 136 valence electrons. The summed E-state index contributed by atoms with van der Waals surface area (Å²) in [5, 5.41) is 5.54. The van der Waals surface area contributed by atoms with E-state index in [0.29, 0.717) is 17.8 Å². The van der Waals surface area contributed by atoms with E-state index in [1.54, 1.807) is 38.1 Å². The molecule has 0 saturated carbocycles. The first-order valence-electron chi connectivity index (χ1n) is 8.47. The molecule has 0 aliphatic heterocycles. The Morgan fingerprint density at radius 1 is 0.962 bits per heavy atom. The van der Waals surface area contributed by atoms with Crippen LogP contribution in [0.4, 0.5) is 5.69 Å². The fourth-order valence-corrected chi connectivity index (χ4v) is 2.41. The zero-order chi connectivity index (χ0) is 19.3. The molecule has 0 aliphatic rings. The van der Waals surface area contributed by atoms with E-state index in [2.05, 4.69) is 10.6 Å². The van der Waals surface area contributed by atoms with E-state index in [-0.39, 0.29) is 11.7 Å². The highest BCUT2D eigenvalue weighted by Crippen LogP contribution is 2.20. The number of hydrogen-bond acceptors (Lipinski definition) is 3. The maximum atomic E-state index is 12.6. The second-order valence-electron chi connectivity index (χ2n) is 6.83. The van der Waals surface area contributed by atoms with Gasteiger partial charge >= 0.3 is 0 Å². The lowest BCUT2D eigenvalue weighted by atomic mass is 9.90. The van der Waals surface area contributed by atoms with Gasteiger partial charge in [0.15, 0.2) is 5.78 Å². The molecule has 5 nitrogen and oxygen atoms in total. The van der Waals surface area contributed by atoms with Crippen molar-refractivity contribution in [1.82, 2.24) is 5.32 Å². The summed E-state index contributed by atoms with van der Waals surface area (Å²) in [5.74, 6) is -0.877. The number of carbonyl (C=O) groups is 3. The van der Waals surface area contributed by atoms with Gasteiger partial charge in [0, 0.05) is 17.8 Å². The Bertz CT molecular complexity index is 841. The highest BCUT2D eigenvalue weighted by molar-refractivity contribution is 6.10. The molecule has 5 heteroatoms. The van der Waals surface area contributed by atoms with Gasteiger partial charge in [-0.2, -0.15) is 0 Å². The van der Waals surface area contributed by atoms with Gasteiger partial charge < -0.3 is 10.6 Å². The number of anilines is 1. The van der Waals surface area contributed by atoms with Crippen LogP contribution in [-0.4, -0.2) is 17.6 Å². The predicted octanol–water partition coefficient (Wildman–Crippen LogP) is 3.48. The summed E-state index contributed by atoms with van der Waals surface area (Å²) < 4.78 is 0. The SMILES string of the molecule is CC(=O)c1cccc(NC(=O)C(C)(C)C(=O)NCc2ccccc2C)c1. The fourth-order valence-electron chi connectivity index (χ4n) is 2.41. The Balaban J connectivity index is 2.04. The van der Waals surface area contributed by atoms with Crippen LogP contribution < -0.4 is 10.6 Å². The Hall–Kier alpha value is -2.95. The summed E-state index contributed by atoms with van der Waals surface area (Å²) in [7, 11) is 0. The third kappa shape index (κ3) is 4.57. The van der Waals surface area contributed by atoms with Crippen molar-refractivity contribution in [2.75, 3.05) is 5.32 Å². The van der Waals surface area contributed by atoms with Crippen molar-refractivity contribution in [2.45, 2.75) is 34.2 Å². The summed E-state index contributed by atoms with van der Waals surface area (Å²) in [4.78, 5) is 36.6. The van der Waals surface area contributed by atoms with Crippen molar-refractivity contribution in [2.24, 2.45) is 5.41 Å². The van der Waals surface area contributed by atoms with Crippen LogP contribution in [0.3, 0.4) is 0 Å². The van der Waals surface area contributed by atoms with Gasteiger partial charge in [-0.15, -0.1) is 0 Å². The molecule has 26 heavy (non-hydrogen) atoms. The maximum absolute atomic E-state index is 12.6. The molecule has 0 aliphatic carbocycles. The molecule has 0 fully saturated rings. The normalized spacial score (nSPS) is 10.9.